The fourth-order valence-electron chi connectivity index (χ4n) is 2.61. The predicted molar refractivity (Wildman–Crippen MR) is 91.1 cm³/mol. The molecule has 2 N–H and O–H groups in total. The molecule has 2 amide bonds. The number of amides is 2. The van der Waals surface area contributed by atoms with E-state index in [4.69, 9.17) is 9.47 Å². The Morgan fingerprint density at radius 1 is 1.42 bits per heavy atom. The third-order valence-corrected chi connectivity index (χ3v) is 4.11. The molecule has 1 aliphatic heterocycles. The van der Waals surface area contributed by atoms with E-state index in [0.717, 1.165) is 18.4 Å². The van der Waals surface area contributed by atoms with E-state index in [-0.39, 0.29) is 17.9 Å². The molecule has 2 unspecified atom stereocenters. The molecule has 1 aliphatic rings. The quantitative estimate of drug-likeness (QED) is 0.715. The summed E-state index contributed by atoms with van der Waals surface area (Å²) in [6, 6.07) is 5.04. The molecule has 2 rings (SSSR count). The van der Waals surface area contributed by atoms with Gasteiger partial charge in [0.25, 0.3) is 0 Å². The maximum Gasteiger partial charge on any atom is 0.243 e. The number of rotatable bonds is 8. The van der Waals surface area contributed by atoms with Crippen molar-refractivity contribution in [2.75, 3.05) is 13.7 Å². The number of benzene rings is 1. The van der Waals surface area contributed by atoms with Gasteiger partial charge in [-0.15, -0.1) is 0 Å². The predicted octanol–water partition coefficient (Wildman–Crippen LogP) is 2.33. The molecule has 0 aromatic heterocycles. The Morgan fingerprint density at radius 3 is 2.83 bits per heavy atom. The molecule has 24 heavy (non-hydrogen) atoms. The van der Waals surface area contributed by atoms with Crippen LogP contribution in [0.3, 0.4) is 0 Å². The average Bonchev–Trinajstić information content (AvgIpc) is 3.01. The summed E-state index contributed by atoms with van der Waals surface area (Å²) in [5.41, 5.74) is 0.923. The highest BCUT2D eigenvalue weighted by Crippen LogP contribution is 2.30. The molecule has 6 heteroatoms. The normalized spacial score (nSPS) is 18.0. The van der Waals surface area contributed by atoms with Gasteiger partial charge in [0.2, 0.25) is 11.8 Å². The summed E-state index contributed by atoms with van der Waals surface area (Å²) >= 11 is 0. The van der Waals surface area contributed by atoms with Gasteiger partial charge < -0.3 is 20.1 Å². The Labute approximate surface area is 142 Å². The lowest BCUT2D eigenvalue weighted by Gasteiger charge is -2.19. The van der Waals surface area contributed by atoms with Crippen molar-refractivity contribution in [1.82, 2.24) is 10.6 Å². The second kappa shape index (κ2) is 8.57. The van der Waals surface area contributed by atoms with Crippen molar-refractivity contribution in [3.8, 4) is 11.5 Å². The Hall–Kier alpha value is -2.24. The fraction of sp³-hybridized carbons (Fsp3) is 0.556. The van der Waals surface area contributed by atoms with Crippen LogP contribution in [-0.2, 0) is 9.59 Å². The molecule has 0 spiro atoms. The first-order valence-corrected chi connectivity index (χ1v) is 8.45. The van der Waals surface area contributed by atoms with Gasteiger partial charge in [-0.2, -0.15) is 0 Å². The van der Waals surface area contributed by atoms with E-state index in [1.807, 2.05) is 25.1 Å². The summed E-state index contributed by atoms with van der Waals surface area (Å²) in [5, 5.41) is 5.61. The second-order valence-electron chi connectivity index (χ2n) is 6.00. The van der Waals surface area contributed by atoms with Gasteiger partial charge in [-0.05, 0) is 37.5 Å². The van der Waals surface area contributed by atoms with Crippen LogP contribution in [0.1, 0.15) is 51.1 Å². The van der Waals surface area contributed by atoms with Crippen LogP contribution in [0.5, 0.6) is 11.5 Å². The van der Waals surface area contributed by atoms with Crippen molar-refractivity contribution < 1.29 is 19.1 Å². The van der Waals surface area contributed by atoms with Crippen molar-refractivity contribution in [3.63, 3.8) is 0 Å². The topological polar surface area (TPSA) is 76.7 Å². The number of unbranched alkanes of at least 4 members (excludes halogenated alkanes) is 1. The Kier molecular flexibility index (Phi) is 6.46. The summed E-state index contributed by atoms with van der Waals surface area (Å²) in [6.07, 6.45) is 3.01. The summed E-state index contributed by atoms with van der Waals surface area (Å²) in [4.78, 5) is 23.4. The van der Waals surface area contributed by atoms with Crippen LogP contribution in [0.4, 0.5) is 0 Å². The van der Waals surface area contributed by atoms with Gasteiger partial charge in [-0.3, -0.25) is 9.59 Å². The van der Waals surface area contributed by atoms with Gasteiger partial charge in [0, 0.05) is 6.42 Å². The average molecular weight is 334 g/mol. The molecule has 1 saturated heterocycles. The number of carbonyl (C=O) groups excluding carboxylic acids is 2. The maximum absolute atomic E-state index is 12.2. The van der Waals surface area contributed by atoms with E-state index >= 15 is 0 Å². The molecule has 1 heterocycles. The molecule has 0 bridgehead atoms. The zero-order valence-corrected chi connectivity index (χ0v) is 14.6. The minimum Gasteiger partial charge on any atom is -0.493 e. The third kappa shape index (κ3) is 4.63. The zero-order chi connectivity index (χ0) is 17.5. The minimum atomic E-state index is -0.432. The molecular formula is C18H26N2O4. The molecule has 0 aliphatic carbocycles. The molecule has 0 saturated carbocycles. The van der Waals surface area contributed by atoms with E-state index in [0.29, 0.717) is 30.9 Å². The highest BCUT2D eigenvalue weighted by atomic mass is 16.5. The van der Waals surface area contributed by atoms with Gasteiger partial charge in [-0.25, -0.2) is 0 Å². The molecule has 1 aromatic rings. The Morgan fingerprint density at radius 2 is 2.21 bits per heavy atom. The summed E-state index contributed by atoms with van der Waals surface area (Å²) in [5.74, 6) is 1.13. The second-order valence-corrected chi connectivity index (χ2v) is 6.00. The molecule has 1 aromatic carbocycles. The molecule has 1 fully saturated rings. The van der Waals surface area contributed by atoms with Crippen LogP contribution in [0.15, 0.2) is 18.2 Å². The Balaban J connectivity index is 1.99. The molecular weight excluding hydrogens is 308 g/mol. The third-order valence-electron chi connectivity index (χ3n) is 4.11. The first-order valence-electron chi connectivity index (χ1n) is 8.45. The minimum absolute atomic E-state index is 0.0712. The van der Waals surface area contributed by atoms with Crippen molar-refractivity contribution in [3.05, 3.63) is 23.8 Å². The van der Waals surface area contributed by atoms with Crippen molar-refractivity contribution in [2.45, 2.75) is 51.6 Å². The van der Waals surface area contributed by atoms with E-state index in [9.17, 15) is 9.59 Å². The molecule has 132 valence electrons. The van der Waals surface area contributed by atoms with Crippen LogP contribution in [0, 0.1) is 0 Å². The number of hydrogen-bond acceptors (Lipinski definition) is 4. The Bertz CT molecular complexity index is 588. The largest absolute Gasteiger partial charge is 0.493 e. The summed E-state index contributed by atoms with van der Waals surface area (Å²) in [6.45, 7) is 4.67. The van der Waals surface area contributed by atoms with Gasteiger partial charge in [0.05, 0.1) is 19.8 Å². The van der Waals surface area contributed by atoms with Gasteiger partial charge in [0.15, 0.2) is 11.5 Å². The lowest BCUT2D eigenvalue weighted by atomic mass is 10.1. The fourth-order valence-corrected chi connectivity index (χ4v) is 2.61. The number of carbonyl (C=O) groups is 2. The first-order chi connectivity index (χ1) is 11.5. The van der Waals surface area contributed by atoms with Crippen LogP contribution in [0.25, 0.3) is 0 Å². The van der Waals surface area contributed by atoms with E-state index in [2.05, 4.69) is 17.6 Å². The number of ether oxygens (including phenoxy) is 2. The van der Waals surface area contributed by atoms with Crippen LogP contribution in [0.2, 0.25) is 0 Å². The lowest BCUT2D eigenvalue weighted by molar-refractivity contribution is -0.126. The molecule has 0 radical (unpaired) electrons. The smallest absolute Gasteiger partial charge is 0.243 e. The number of hydrogen-bond donors (Lipinski definition) is 2. The van der Waals surface area contributed by atoms with E-state index in [1.54, 1.807) is 7.11 Å². The SMILES string of the molecule is CCCCOc1ccc(C(C)NC(=O)C2CCC(=O)N2)cc1OC. The zero-order valence-electron chi connectivity index (χ0n) is 14.6. The van der Waals surface area contributed by atoms with Crippen molar-refractivity contribution in [2.24, 2.45) is 0 Å². The van der Waals surface area contributed by atoms with Crippen LogP contribution < -0.4 is 20.1 Å². The summed E-state index contributed by atoms with van der Waals surface area (Å²) < 4.78 is 11.1. The maximum atomic E-state index is 12.2. The highest BCUT2D eigenvalue weighted by molar-refractivity contribution is 5.90. The van der Waals surface area contributed by atoms with Gasteiger partial charge in [0.1, 0.15) is 6.04 Å². The number of methoxy groups -OCH3 is 1. The standard InChI is InChI=1S/C18H26N2O4/c1-4-5-10-24-15-8-6-13(11-16(15)23-3)12(2)19-18(22)14-7-9-17(21)20-14/h6,8,11-12,14H,4-5,7,9-10H2,1-3H3,(H,19,22)(H,20,21). The van der Waals surface area contributed by atoms with Gasteiger partial charge in [-0.1, -0.05) is 19.4 Å². The molecule has 6 nitrogen and oxygen atoms in total. The van der Waals surface area contributed by atoms with Crippen LogP contribution in [-0.4, -0.2) is 31.6 Å². The summed E-state index contributed by atoms with van der Waals surface area (Å²) in [7, 11) is 1.60. The number of nitrogens with one attached hydrogen (secondary N) is 2. The van der Waals surface area contributed by atoms with Crippen LogP contribution >= 0.6 is 0 Å². The van der Waals surface area contributed by atoms with Crippen molar-refractivity contribution >= 4 is 11.8 Å². The lowest BCUT2D eigenvalue weighted by Crippen LogP contribution is -2.42. The monoisotopic (exact) mass is 334 g/mol. The highest BCUT2D eigenvalue weighted by Gasteiger charge is 2.28. The van der Waals surface area contributed by atoms with E-state index in [1.165, 1.54) is 0 Å². The first kappa shape index (κ1) is 18.1. The van der Waals surface area contributed by atoms with E-state index < -0.39 is 6.04 Å². The molecule has 2 atom stereocenters. The van der Waals surface area contributed by atoms with Gasteiger partial charge >= 0.3 is 0 Å². The van der Waals surface area contributed by atoms with Crippen molar-refractivity contribution in [1.29, 1.82) is 0 Å².